The van der Waals surface area contributed by atoms with E-state index in [4.69, 9.17) is 9.47 Å². The van der Waals surface area contributed by atoms with Gasteiger partial charge in [-0.25, -0.2) is 9.59 Å². The normalized spacial score (nSPS) is 13.5. The van der Waals surface area contributed by atoms with Crippen LogP contribution in [0.25, 0.3) is 11.1 Å². The monoisotopic (exact) mass is 477 g/mol. The number of aryl methyl sites for hydroxylation is 1. The van der Waals surface area contributed by atoms with E-state index in [2.05, 4.69) is 5.32 Å². The molecule has 0 saturated heterocycles. The van der Waals surface area contributed by atoms with E-state index < -0.39 is 23.9 Å². The Kier molecular flexibility index (Phi) is 7.43. The highest BCUT2D eigenvalue weighted by atomic mass is 32.1. The second-order valence-corrected chi connectivity index (χ2v) is 9.22. The quantitative estimate of drug-likeness (QED) is 0.445. The smallest absolute Gasteiger partial charge is 0.341 e. The number of hydrogen-bond donors (Lipinski definition) is 1. The maximum absolute atomic E-state index is 12.8. The highest BCUT2D eigenvalue weighted by Gasteiger charge is 2.29. The third kappa shape index (κ3) is 5.20. The Balaban J connectivity index is 1.44. The zero-order chi connectivity index (χ0) is 24.1. The lowest BCUT2D eigenvalue weighted by Crippen LogP contribution is -2.30. The zero-order valence-corrected chi connectivity index (χ0v) is 20.1. The molecule has 6 nitrogen and oxygen atoms in total. The molecule has 1 N–H and O–H groups in total. The molecule has 4 rings (SSSR count). The van der Waals surface area contributed by atoms with Crippen molar-refractivity contribution in [3.05, 3.63) is 76.2 Å². The van der Waals surface area contributed by atoms with Crippen LogP contribution in [0.5, 0.6) is 0 Å². The van der Waals surface area contributed by atoms with Crippen LogP contribution in [0.3, 0.4) is 0 Å². The van der Waals surface area contributed by atoms with E-state index in [1.165, 1.54) is 18.3 Å². The van der Waals surface area contributed by atoms with Crippen LogP contribution < -0.4 is 5.32 Å². The number of amides is 1. The van der Waals surface area contributed by atoms with Gasteiger partial charge in [0, 0.05) is 4.88 Å². The third-order valence-corrected chi connectivity index (χ3v) is 6.98. The molecular formula is C27H27NO5S. The van der Waals surface area contributed by atoms with Crippen LogP contribution in [0.1, 0.15) is 57.8 Å². The predicted octanol–water partition coefficient (Wildman–Crippen LogP) is 5.65. The van der Waals surface area contributed by atoms with Crippen molar-refractivity contribution in [2.45, 2.75) is 45.6 Å². The Bertz CT molecular complexity index is 1180. The number of ether oxygens (including phenoxy) is 2. The van der Waals surface area contributed by atoms with Crippen LogP contribution in [0.2, 0.25) is 0 Å². The number of esters is 2. The van der Waals surface area contributed by atoms with Crippen molar-refractivity contribution in [1.29, 1.82) is 0 Å². The molecule has 1 heterocycles. The summed E-state index contributed by atoms with van der Waals surface area (Å²) in [7, 11) is 0. The van der Waals surface area contributed by atoms with E-state index in [-0.39, 0.29) is 6.61 Å². The molecular weight excluding hydrogens is 450 g/mol. The zero-order valence-electron chi connectivity index (χ0n) is 19.3. The maximum Gasteiger partial charge on any atom is 0.341 e. The Hall–Kier alpha value is -3.45. The number of carbonyl (C=O) groups is 3. The molecule has 1 amide bonds. The number of fused-ring (bicyclic) bond motifs is 1. The fraction of sp³-hybridized carbons (Fsp3) is 0.296. The molecule has 0 radical (unpaired) electrons. The largest absolute Gasteiger partial charge is 0.462 e. The van der Waals surface area contributed by atoms with Crippen molar-refractivity contribution in [3.8, 4) is 11.1 Å². The number of thiophene rings is 1. The van der Waals surface area contributed by atoms with Crippen LogP contribution >= 0.6 is 11.3 Å². The summed E-state index contributed by atoms with van der Waals surface area (Å²) in [6.45, 7) is 3.53. The first-order chi connectivity index (χ1) is 16.5. The van der Waals surface area contributed by atoms with E-state index >= 15 is 0 Å². The van der Waals surface area contributed by atoms with Gasteiger partial charge in [-0.3, -0.25) is 4.79 Å². The summed E-state index contributed by atoms with van der Waals surface area (Å²) in [5.74, 6) is -1.50. The van der Waals surface area contributed by atoms with Gasteiger partial charge in [-0.15, -0.1) is 11.3 Å². The molecule has 0 fully saturated rings. The standard InChI is InChI=1S/C27H27NO5S/c1-3-32-27(31)23-21-11-7-8-12-22(21)34-25(23)28-24(29)17(2)33-26(30)20-15-13-19(14-16-20)18-9-5-4-6-10-18/h4-6,9-10,13-17H,3,7-8,11-12H2,1-2H3,(H,28,29). The van der Waals surface area contributed by atoms with Crippen molar-refractivity contribution in [1.82, 2.24) is 0 Å². The van der Waals surface area contributed by atoms with Gasteiger partial charge in [-0.2, -0.15) is 0 Å². The summed E-state index contributed by atoms with van der Waals surface area (Å²) in [6.07, 6.45) is 2.70. The topological polar surface area (TPSA) is 81.7 Å². The minimum absolute atomic E-state index is 0.258. The van der Waals surface area contributed by atoms with Gasteiger partial charge in [0.2, 0.25) is 0 Å². The van der Waals surface area contributed by atoms with Gasteiger partial charge in [0.05, 0.1) is 17.7 Å². The van der Waals surface area contributed by atoms with E-state index in [0.717, 1.165) is 47.3 Å². The van der Waals surface area contributed by atoms with Crippen molar-refractivity contribution < 1.29 is 23.9 Å². The Morgan fingerprint density at radius 1 is 0.941 bits per heavy atom. The molecule has 1 aromatic heterocycles. The van der Waals surface area contributed by atoms with Crippen LogP contribution in [-0.2, 0) is 27.1 Å². The molecule has 1 aliphatic rings. The summed E-state index contributed by atoms with van der Waals surface area (Å²) in [6, 6.07) is 16.9. The summed E-state index contributed by atoms with van der Waals surface area (Å²) < 4.78 is 10.6. The average Bonchev–Trinajstić information content (AvgIpc) is 3.22. The molecule has 1 aliphatic carbocycles. The highest BCUT2D eigenvalue weighted by molar-refractivity contribution is 7.17. The minimum Gasteiger partial charge on any atom is -0.462 e. The fourth-order valence-corrected chi connectivity index (χ4v) is 5.28. The highest BCUT2D eigenvalue weighted by Crippen LogP contribution is 2.38. The second-order valence-electron chi connectivity index (χ2n) is 8.12. The molecule has 1 atom stereocenters. The van der Waals surface area contributed by atoms with Crippen LogP contribution in [-0.4, -0.2) is 30.6 Å². The molecule has 34 heavy (non-hydrogen) atoms. The number of benzene rings is 2. The lowest BCUT2D eigenvalue weighted by Gasteiger charge is -2.14. The molecule has 1 unspecified atom stereocenters. The average molecular weight is 478 g/mol. The second kappa shape index (κ2) is 10.7. The SMILES string of the molecule is CCOC(=O)c1c(NC(=O)C(C)OC(=O)c2ccc(-c3ccccc3)cc2)sc2c1CCCC2. The maximum atomic E-state index is 12.8. The molecule has 0 bridgehead atoms. The van der Waals surface area contributed by atoms with E-state index in [9.17, 15) is 14.4 Å². The predicted molar refractivity (Wildman–Crippen MR) is 132 cm³/mol. The van der Waals surface area contributed by atoms with Gasteiger partial charge in [0.25, 0.3) is 5.91 Å². The number of rotatable bonds is 7. The first-order valence-electron chi connectivity index (χ1n) is 11.5. The molecule has 2 aromatic carbocycles. The summed E-state index contributed by atoms with van der Waals surface area (Å²) in [5, 5.41) is 3.26. The van der Waals surface area contributed by atoms with E-state index in [1.807, 2.05) is 42.5 Å². The Morgan fingerprint density at radius 2 is 1.62 bits per heavy atom. The van der Waals surface area contributed by atoms with Crippen molar-refractivity contribution in [2.75, 3.05) is 11.9 Å². The van der Waals surface area contributed by atoms with Crippen LogP contribution in [0.4, 0.5) is 5.00 Å². The van der Waals surface area contributed by atoms with Crippen molar-refractivity contribution >= 4 is 34.2 Å². The lowest BCUT2D eigenvalue weighted by atomic mass is 9.95. The minimum atomic E-state index is -1.03. The van der Waals surface area contributed by atoms with E-state index in [1.54, 1.807) is 19.1 Å². The van der Waals surface area contributed by atoms with Crippen molar-refractivity contribution in [2.24, 2.45) is 0 Å². The number of hydrogen-bond acceptors (Lipinski definition) is 6. The fourth-order valence-electron chi connectivity index (χ4n) is 4.00. The molecule has 176 valence electrons. The van der Waals surface area contributed by atoms with Crippen LogP contribution in [0, 0.1) is 0 Å². The lowest BCUT2D eigenvalue weighted by molar-refractivity contribution is -0.123. The number of nitrogens with one attached hydrogen (secondary N) is 1. The third-order valence-electron chi connectivity index (χ3n) is 5.77. The number of anilines is 1. The first kappa shape index (κ1) is 23.7. The summed E-state index contributed by atoms with van der Waals surface area (Å²) in [5.41, 5.74) is 3.79. The molecule has 7 heteroatoms. The van der Waals surface area contributed by atoms with Crippen molar-refractivity contribution in [3.63, 3.8) is 0 Å². The summed E-state index contributed by atoms with van der Waals surface area (Å²) >= 11 is 1.40. The Labute approximate surface area is 202 Å². The summed E-state index contributed by atoms with van der Waals surface area (Å²) in [4.78, 5) is 39.1. The molecule has 0 saturated carbocycles. The van der Waals surface area contributed by atoms with Gasteiger partial charge in [-0.1, -0.05) is 42.5 Å². The van der Waals surface area contributed by atoms with Gasteiger partial charge in [0.15, 0.2) is 6.10 Å². The van der Waals surface area contributed by atoms with Gasteiger partial charge < -0.3 is 14.8 Å². The van der Waals surface area contributed by atoms with Gasteiger partial charge >= 0.3 is 11.9 Å². The van der Waals surface area contributed by atoms with Gasteiger partial charge in [-0.05, 0) is 68.4 Å². The number of carbonyl (C=O) groups excluding carboxylic acids is 3. The molecule has 0 spiro atoms. The first-order valence-corrected chi connectivity index (χ1v) is 12.3. The van der Waals surface area contributed by atoms with E-state index in [0.29, 0.717) is 16.1 Å². The molecule has 3 aromatic rings. The van der Waals surface area contributed by atoms with Crippen LogP contribution in [0.15, 0.2) is 54.6 Å². The van der Waals surface area contributed by atoms with Gasteiger partial charge in [0.1, 0.15) is 5.00 Å². The Morgan fingerprint density at radius 3 is 2.32 bits per heavy atom. The molecule has 0 aliphatic heterocycles.